The number of hydrogen-bond donors (Lipinski definition) is 0. The van der Waals surface area contributed by atoms with Crippen LogP contribution >= 0.6 is 0 Å². The Labute approximate surface area is 179 Å². The summed E-state index contributed by atoms with van der Waals surface area (Å²) in [4.78, 5) is 0. The number of aromatic nitrogens is 6. The molecule has 0 aliphatic rings. The van der Waals surface area contributed by atoms with Gasteiger partial charge in [0, 0.05) is 32.7 Å². The van der Waals surface area contributed by atoms with E-state index in [0.717, 1.165) is 49.8 Å². The maximum Gasteiger partial charge on any atom is 0.262 e. The molecule has 1 radical (unpaired) electrons. The van der Waals surface area contributed by atoms with Crippen LogP contribution in [0.15, 0.2) is 72.8 Å². The molecule has 0 aliphatic carbocycles. The van der Waals surface area contributed by atoms with Crippen molar-refractivity contribution in [2.45, 2.75) is 20.8 Å². The van der Waals surface area contributed by atoms with Crippen molar-refractivity contribution in [3.63, 3.8) is 0 Å². The Bertz CT molecular complexity index is 1400. The predicted molar refractivity (Wildman–Crippen MR) is 125 cm³/mol. The van der Waals surface area contributed by atoms with E-state index in [4.69, 9.17) is 15.3 Å². The summed E-state index contributed by atoms with van der Waals surface area (Å²) in [7, 11) is -0.379. The molecule has 0 atom stereocenters. The highest BCUT2D eigenvalue weighted by Gasteiger charge is 2.20. The molecule has 3 heterocycles. The molecule has 0 unspecified atom stereocenters. The average molecular weight is 404 g/mol. The molecule has 0 saturated heterocycles. The van der Waals surface area contributed by atoms with E-state index in [1.54, 1.807) is 0 Å². The van der Waals surface area contributed by atoms with Gasteiger partial charge in [-0.15, -0.1) is 0 Å². The van der Waals surface area contributed by atoms with Crippen LogP contribution in [0.25, 0.3) is 32.7 Å². The number of rotatable bonds is 3. The minimum atomic E-state index is -0.379. The molecule has 151 valence electrons. The highest BCUT2D eigenvalue weighted by molar-refractivity contribution is 6.56. The second-order valence-electron chi connectivity index (χ2n) is 7.99. The molecule has 0 fully saturated rings. The minimum absolute atomic E-state index is 0.379. The summed E-state index contributed by atoms with van der Waals surface area (Å²) in [5, 5.41) is 18.3. The van der Waals surface area contributed by atoms with Crippen molar-refractivity contribution in [2.24, 2.45) is 0 Å². The first kappa shape index (κ1) is 17.9. The van der Waals surface area contributed by atoms with Gasteiger partial charge in [-0.2, -0.15) is 0 Å². The zero-order valence-electron chi connectivity index (χ0n) is 17.7. The predicted octanol–water partition coefficient (Wildman–Crippen LogP) is 4.59. The number of fused-ring (bicyclic) bond motifs is 3. The molecule has 6 nitrogen and oxygen atoms in total. The van der Waals surface area contributed by atoms with Crippen LogP contribution in [0.3, 0.4) is 0 Å². The van der Waals surface area contributed by atoms with Crippen molar-refractivity contribution in [2.75, 3.05) is 0 Å². The number of benzene rings is 3. The van der Waals surface area contributed by atoms with Gasteiger partial charge in [0.2, 0.25) is 0 Å². The van der Waals surface area contributed by atoms with Gasteiger partial charge < -0.3 is 13.8 Å². The first-order valence-corrected chi connectivity index (χ1v) is 10.4. The van der Waals surface area contributed by atoms with E-state index in [9.17, 15) is 0 Å². The maximum atomic E-state index is 4.97. The zero-order chi connectivity index (χ0) is 21.1. The van der Waals surface area contributed by atoms with E-state index in [2.05, 4.69) is 93.6 Å². The van der Waals surface area contributed by atoms with Gasteiger partial charge in [-0.25, -0.2) is 15.3 Å². The summed E-state index contributed by atoms with van der Waals surface area (Å²) in [5.41, 5.74) is 6.13. The Morgan fingerprint density at radius 3 is 1.10 bits per heavy atom. The van der Waals surface area contributed by atoms with E-state index in [1.165, 1.54) is 0 Å². The van der Waals surface area contributed by atoms with E-state index >= 15 is 0 Å². The normalized spacial score (nSPS) is 12.0. The number of nitrogens with zero attached hydrogens (tertiary/aromatic N) is 6. The quantitative estimate of drug-likeness (QED) is 0.406. The third kappa shape index (κ3) is 2.56. The lowest BCUT2D eigenvalue weighted by molar-refractivity contribution is 0.789. The Hall–Kier alpha value is -3.87. The van der Waals surface area contributed by atoms with E-state index < -0.39 is 0 Å². The number of aryl methyl sites for hydroxylation is 3. The van der Waals surface area contributed by atoms with Gasteiger partial charge in [0.1, 0.15) is 0 Å². The molecular weight excluding hydrogens is 383 g/mol. The van der Waals surface area contributed by atoms with Gasteiger partial charge in [-0.1, -0.05) is 54.6 Å². The fourth-order valence-corrected chi connectivity index (χ4v) is 4.59. The lowest BCUT2D eigenvalue weighted by atomic mass is 9.93. The minimum Gasteiger partial charge on any atom is -0.418 e. The molecule has 0 bridgehead atoms. The molecule has 6 rings (SSSR count). The lowest BCUT2D eigenvalue weighted by Crippen LogP contribution is -2.43. The van der Waals surface area contributed by atoms with Crippen LogP contribution in [0, 0.1) is 20.8 Å². The second kappa shape index (κ2) is 6.57. The smallest absolute Gasteiger partial charge is 0.262 e. The molecular formula is C24H21BN6-. The molecule has 0 N–H and O–H groups in total. The summed E-state index contributed by atoms with van der Waals surface area (Å²) in [6.45, 7) is 6.15. The first-order chi connectivity index (χ1) is 15.1. The van der Waals surface area contributed by atoms with Crippen LogP contribution in [0.5, 0.6) is 0 Å². The molecule has 0 amide bonds. The fourth-order valence-electron chi connectivity index (χ4n) is 4.59. The molecule has 3 aromatic carbocycles. The van der Waals surface area contributed by atoms with Crippen LogP contribution in [0.2, 0.25) is 0 Å². The standard InChI is InChI=1S/C24H21BN6/c1-16-19-10-4-7-13-22(19)29(26-16)25(30-23-14-8-5-11-20(23)17(2)27-30)31-24-15-9-6-12-21(24)18(3)28-31/h4-15H,1-3H3/q-1. The SMILES string of the molecule is Cc1nn([B-](n2nc(C)c3ccccc32)n2nc(C)c3ccccc32)c2ccccc12. The van der Waals surface area contributed by atoms with Crippen molar-refractivity contribution in [1.29, 1.82) is 0 Å². The Morgan fingerprint density at radius 2 is 0.774 bits per heavy atom. The molecule has 6 aromatic rings. The lowest BCUT2D eigenvalue weighted by Gasteiger charge is -2.32. The van der Waals surface area contributed by atoms with Gasteiger partial charge in [0.15, 0.2) is 0 Å². The van der Waals surface area contributed by atoms with Gasteiger partial charge in [0.05, 0.1) is 17.1 Å². The van der Waals surface area contributed by atoms with Crippen LogP contribution in [0.4, 0.5) is 0 Å². The first-order valence-electron chi connectivity index (χ1n) is 10.4. The Morgan fingerprint density at radius 1 is 0.484 bits per heavy atom. The van der Waals surface area contributed by atoms with Crippen molar-refractivity contribution in [3.05, 3.63) is 89.9 Å². The van der Waals surface area contributed by atoms with Crippen LogP contribution in [-0.4, -0.2) is 36.2 Å². The molecule has 31 heavy (non-hydrogen) atoms. The summed E-state index contributed by atoms with van der Waals surface area (Å²) in [5.74, 6) is 0. The van der Waals surface area contributed by atoms with E-state index in [-0.39, 0.29) is 7.12 Å². The average Bonchev–Trinajstić information content (AvgIpc) is 3.43. The van der Waals surface area contributed by atoms with Gasteiger partial charge in [-0.3, -0.25) is 0 Å². The molecule has 0 aliphatic heterocycles. The highest BCUT2D eigenvalue weighted by atomic mass is 15.5. The maximum absolute atomic E-state index is 4.97. The van der Waals surface area contributed by atoms with Gasteiger partial charge in [0.25, 0.3) is 7.12 Å². The van der Waals surface area contributed by atoms with Crippen LogP contribution < -0.4 is 0 Å². The molecule has 0 saturated carbocycles. The summed E-state index contributed by atoms with van der Waals surface area (Å²) < 4.78 is 6.13. The fraction of sp³-hybridized carbons (Fsp3) is 0.125. The third-order valence-corrected chi connectivity index (χ3v) is 6.05. The van der Waals surface area contributed by atoms with Crippen molar-refractivity contribution in [3.8, 4) is 0 Å². The van der Waals surface area contributed by atoms with Gasteiger partial charge in [-0.05, 0) is 39.0 Å². The Balaban J connectivity index is 1.74. The molecule has 0 spiro atoms. The monoisotopic (exact) mass is 404 g/mol. The number of hydrogen-bond acceptors (Lipinski definition) is 3. The van der Waals surface area contributed by atoms with E-state index in [0.29, 0.717) is 0 Å². The largest absolute Gasteiger partial charge is 0.418 e. The highest BCUT2D eigenvalue weighted by Crippen LogP contribution is 2.25. The van der Waals surface area contributed by atoms with Crippen molar-refractivity contribution in [1.82, 2.24) is 29.1 Å². The van der Waals surface area contributed by atoms with E-state index in [1.807, 2.05) is 13.8 Å². The molecule has 3 aromatic heterocycles. The summed E-state index contributed by atoms with van der Waals surface area (Å²) in [6, 6.07) is 25.0. The summed E-state index contributed by atoms with van der Waals surface area (Å²) >= 11 is 0. The van der Waals surface area contributed by atoms with Crippen LogP contribution in [0.1, 0.15) is 17.1 Å². The Kier molecular flexibility index (Phi) is 3.80. The number of para-hydroxylation sites is 3. The second-order valence-corrected chi connectivity index (χ2v) is 7.99. The third-order valence-electron chi connectivity index (χ3n) is 6.05. The topological polar surface area (TPSA) is 53.5 Å². The van der Waals surface area contributed by atoms with Crippen molar-refractivity contribution < 1.29 is 0 Å². The van der Waals surface area contributed by atoms with Crippen LogP contribution in [-0.2, 0) is 0 Å². The van der Waals surface area contributed by atoms with Gasteiger partial charge >= 0.3 is 0 Å². The molecule has 7 heteroatoms. The zero-order valence-corrected chi connectivity index (χ0v) is 17.7. The summed E-state index contributed by atoms with van der Waals surface area (Å²) in [6.07, 6.45) is 0. The van der Waals surface area contributed by atoms with Crippen molar-refractivity contribution >= 4 is 39.8 Å².